The molecule has 2 aromatic carbocycles. The van der Waals surface area contributed by atoms with Crippen LogP contribution in [0, 0.1) is 0 Å². The number of benzene rings is 2. The largest absolute Gasteiger partial charge is 0.494 e. The Morgan fingerprint density at radius 1 is 1.10 bits per heavy atom. The van der Waals surface area contributed by atoms with Crippen molar-refractivity contribution in [2.24, 2.45) is 5.73 Å². The van der Waals surface area contributed by atoms with Crippen molar-refractivity contribution in [3.05, 3.63) is 59.7 Å². The lowest BCUT2D eigenvalue weighted by Gasteiger charge is -2.16. The van der Waals surface area contributed by atoms with E-state index >= 15 is 0 Å². The molecular weight excluding hydrogens is 260 g/mol. The minimum absolute atomic E-state index is 0.0180. The van der Waals surface area contributed by atoms with Crippen molar-refractivity contribution in [2.75, 3.05) is 25.6 Å². The Bertz CT molecular complexity index is 564. The molecule has 3 heteroatoms. The maximum atomic E-state index is 6.32. The molecule has 1 unspecified atom stereocenters. The molecule has 0 aromatic heterocycles. The Kier molecular flexibility index (Phi) is 5.23. The van der Waals surface area contributed by atoms with Crippen molar-refractivity contribution in [3.63, 3.8) is 0 Å². The SMILES string of the molecule is CCOc1cccc(C(N)Cc2ccc(N(C)C)cc2)c1. The number of ether oxygens (including phenoxy) is 1. The molecule has 0 bridgehead atoms. The highest BCUT2D eigenvalue weighted by Gasteiger charge is 2.08. The van der Waals surface area contributed by atoms with Crippen LogP contribution >= 0.6 is 0 Å². The molecule has 2 aromatic rings. The quantitative estimate of drug-likeness (QED) is 0.883. The van der Waals surface area contributed by atoms with Crippen molar-refractivity contribution < 1.29 is 4.74 Å². The molecule has 1 atom stereocenters. The molecule has 0 radical (unpaired) electrons. The number of anilines is 1. The summed E-state index contributed by atoms with van der Waals surface area (Å²) in [5.74, 6) is 0.883. The zero-order chi connectivity index (χ0) is 15.2. The smallest absolute Gasteiger partial charge is 0.119 e. The van der Waals surface area contributed by atoms with Crippen molar-refractivity contribution in [1.29, 1.82) is 0 Å². The van der Waals surface area contributed by atoms with Gasteiger partial charge in [-0.2, -0.15) is 0 Å². The molecule has 3 nitrogen and oxygen atoms in total. The number of hydrogen-bond donors (Lipinski definition) is 1. The van der Waals surface area contributed by atoms with Gasteiger partial charge in [0, 0.05) is 25.8 Å². The van der Waals surface area contributed by atoms with Crippen LogP contribution in [0.15, 0.2) is 48.5 Å². The molecule has 2 rings (SSSR count). The summed E-state index contributed by atoms with van der Waals surface area (Å²) in [5, 5.41) is 0. The fourth-order valence-electron chi connectivity index (χ4n) is 2.30. The van der Waals surface area contributed by atoms with Crippen LogP contribution in [0.4, 0.5) is 5.69 Å². The maximum absolute atomic E-state index is 6.32. The van der Waals surface area contributed by atoms with E-state index in [0.717, 1.165) is 17.7 Å². The molecule has 0 fully saturated rings. The fourth-order valence-corrected chi connectivity index (χ4v) is 2.30. The van der Waals surface area contributed by atoms with Crippen LogP contribution in [-0.2, 0) is 6.42 Å². The van der Waals surface area contributed by atoms with Gasteiger partial charge >= 0.3 is 0 Å². The molecular formula is C18H24N2O. The molecule has 0 saturated carbocycles. The van der Waals surface area contributed by atoms with E-state index < -0.39 is 0 Å². The monoisotopic (exact) mass is 284 g/mol. The highest BCUT2D eigenvalue weighted by Crippen LogP contribution is 2.22. The van der Waals surface area contributed by atoms with Crippen LogP contribution in [0.1, 0.15) is 24.1 Å². The third kappa shape index (κ3) is 4.23. The van der Waals surface area contributed by atoms with E-state index in [4.69, 9.17) is 10.5 Å². The molecule has 21 heavy (non-hydrogen) atoms. The first kappa shape index (κ1) is 15.4. The second-order valence-electron chi connectivity index (χ2n) is 5.38. The lowest BCUT2D eigenvalue weighted by molar-refractivity contribution is 0.339. The van der Waals surface area contributed by atoms with Crippen LogP contribution in [-0.4, -0.2) is 20.7 Å². The minimum atomic E-state index is -0.0180. The standard InChI is InChI=1S/C18H24N2O/c1-4-21-17-7-5-6-15(13-17)18(19)12-14-8-10-16(11-9-14)20(2)3/h5-11,13,18H,4,12,19H2,1-3H3. The third-order valence-electron chi connectivity index (χ3n) is 3.51. The van der Waals surface area contributed by atoms with Crippen molar-refractivity contribution in [1.82, 2.24) is 0 Å². The molecule has 0 spiro atoms. The average Bonchev–Trinajstić information content (AvgIpc) is 2.48. The van der Waals surface area contributed by atoms with E-state index in [1.54, 1.807) is 0 Å². The summed E-state index contributed by atoms with van der Waals surface area (Å²) in [4.78, 5) is 2.09. The first-order valence-corrected chi connectivity index (χ1v) is 7.34. The topological polar surface area (TPSA) is 38.5 Å². The zero-order valence-electron chi connectivity index (χ0n) is 13.0. The van der Waals surface area contributed by atoms with Gasteiger partial charge in [-0.05, 0) is 48.7 Å². The van der Waals surface area contributed by atoms with Crippen molar-refractivity contribution in [2.45, 2.75) is 19.4 Å². The molecule has 0 saturated heterocycles. The molecule has 0 aliphatic carbocycles. The first-order valence-electron chi connectivity index (χ1n) is 7.34. The van der Waals surface area contributed by atoms with Gasteiger partial charge < -0.3 is 15.4 Å². The molecule has 112 valence electrons. The average molecular weight is 284 g/mol. The fraction of sp³-hybridized carbons (Fsp3) is 0.333. The Labute approximate surface area is 127 Å². The Morgan fingerprint density at radius 2 is 1.81 bits per heavy atom. The van der Waals surface area contributed by atoms with E-state index in [1.165, 1.54) is 11.3 Å². The van der Waals surface area contributed by atoms with Crippen LogP contribution in [0.5, 0.6) is 5.75 Å². The number of rotatable bonds is 6. The lowest BCUT2D eigenvalue weighted by Crippen LogP contribution is -2.14. The number of hydrogen-bond acceptors (Lipinski definition) is 3. The Balaban J connectivity index is 2.06. The molecule has 0 amide bonds. The van der Waals surface area contributed by atoms with Gasteiger partial charge in [-0.25, -0.2) is 0 Å². The minimum Gasteiger partial charge on any atom is -0.494 e. The summed E-state index contributed by atoms with van der Waals surface area (Å²) >= 11 is 0. The Hall–Kier alpha value is -2.00. The van der Waals surface area contributed by atoms with Crippen LogP contribution < -0.4 is 15.4 Å². The second kappa shape index (κ2) is 7.14. The first-order chi connectivity index (χ1) is 10.1. The van der Waals surface area contributed by atoms with Crippen LogP contribution in [0.25, 0.3) is 0 Å². The summed E-state index contributed by atoms with van der Waals surface area (Å²) in [6.07, 6.45) is 0.823. The predicted molar refractivity (Wildman–Crippen MR) is 89.0 cm³/mol. The van der Waals surface area contributed by atoms with Gasteiger partial charge in [-0.1, -0.05) is 24.3 Å². The van der Waals surface area contributed by atoms with Crippen molar-refractivity contribution >= 4 is 5.69 Å². The van der Waals surface area contributed by atoms with Crippen molar-refractivity contribution in [3.8, 4) is 5.75 Å². The third-order valence-corrected chi connectivity index (χ3v) is 3.51. The normalized spacial score (nSPS) is 12.0. The number of nitrogens with zero attached hydrogens (tertiary/aromatic N) is 1. The van der Waals surface area contributed by atoms with E-state index in [0.29, 0.717) is 6.61 Å². The van der Waals surface area contributed by atoms with Crippen LogP contribution in [0.2, 0.25) is 0 Å². The van der Waals surface area contributed by atoms with Gasteiger partial charge in [0.05, 0.1) is 6.61 Å². The van der Waals surface area contributed by atoms with E-state index in [1.807, 2.05) is 39.2 Å². The summed E-state index contributed by atoms with van der Waals surface area (Å²) < 4.78 is 5.53. The molecule has 2 N–H and O–H groups in total. The molecule has 0 aliphatic heterocycles. The number of nitrogens with two attached hydrogens (primary N) is 1. The Morgan fingerprint density at radius 3 is 2.43 bits per heavy atom. The van der Waals surface area contributed by atoms with E-state index in [2.05, 4.69) is 35.2 Å². The summed E-state index contributed by atoms with van der Waals surface area (Å²) in [5.41, 5.74) is 9.88. The van der Waals surface area contributed by atoms with Gasteiger partial charge in [0.1, 0.15) is 5.75 Å². The van der Waals surface area contributed by atoms with Gasteiger partial charge in [0.2, 0.25) is 0 Å². The lowest BCUT2D eigenvalue weighted by atomic mass is 9.99. The highest BCUT2D eigenvalue weighted by atomic mass is 16.5. The zero-order valence-corrected chi connectivity index (χ0v) is 13.0. The summed E-state index contributed by atoms with van der Waals surface area (Å²) in [7, 11) is 4.08. The second-order valence-corrected chi connectivity index (χ2v) is 5.38. The predicted octanol–water partition coefficient (Wildman–Crippen LogP) is 3.39. The molecule has 0 heterocycles. The van der Waals surface area contributed by atoms with Gasteiger partial charge in [-0.3, -0.25) is 0 Å². The van der Waals surface area contributed by atoms with E-state index in [-0.39, 0.29) is 6.04 Å². The highest BCUT2D eigenvalue weighted by molar-refractivity contribution is 5.46. The molecule has 0 aliphatic rings. The summed E-state index contributed by atoms with van der Waals surface area (Å²) in [6.45, 7) is 2.66. The van der Waals surface area contributed by atoms with E-state index in [9.17, 15) is 0 Å². The van der Waals surface area contributed by atoms with Gasteiger partial charge in [0.15, 0.2) is 0 Å². The van der Waals surface area contributed by atoms with Crippen LogP contribution in [0.3, 0.4) is 0 Å². The van der Waals surface area contributed by atoms with Gasteiger partial charge in [-0.15, -0.1) is 0 Å². The van der Waals surface area contributed by atoms with Gasteiger partial charge in [0.25, 0.3) is 0 Å². The summed E-state index contributed by atoms with van der Waals surface area (Å²) in [6, 6.07) is 16.6. The maximum Gasteiger partial charge on any atom is 0.119 e.